The number of carbonyl (C=O) groups is 2. The third-order valence-corrected chi connectivity index (χ3v) is 6.00. The first-order chi connectivity index (χ1) is 13.5. The monoisotopic (exact) mass is 382 g/mol. The molecule has 7 heteroatoms. The molecule has 0 bridgehead atoms. The maximum Gasteiger partial charge on any atom is 0.254 e. The summed E-state index contributed by atoms with van der Waals surface area (Å²) < 4.78 is 0. The van der Waals surface area contributed by atoms with Crippen LogP contribution in [0.3, 0.4) is 0 Å². The first-order valence-corrected chi connectivity index (χ1v) is 9.88. The lowest BCUT2D eigenvalue weighted by atomic mass is 9.73. The maximum atomic E-state index is 12.9. The molecule has 0 radical (unpaired) electrons. The van der Waals surface area contributed by atoms with Crippen LogP contribution in [0.1, 0.15) is 41.7 Å². The summed E-state index contributed by atoms with van der Waals surface area (Å²) in [7, 11) is 0. The van der Waals surface area contributed by atoms with E-state index >= 15 is 0 Å². The van der Waals surface area contributed by atoms with Crippen LogP contribution in [0.15, 0.2) is 36.8 Å². The number of rotatable bonds is 4. The fourth-order valence-corrected chi connectivity index (χ4v) is 4.52. The van der Waals surface area contributed by atoms with E-state index in [1.165, 1.54) is 6.07 Å². The van der Waals surface area contributed by atoms with Crippen molar-refractivity contribution in [3.63, 3.8) is 0 Å². The molecule has 7 nitrogen and oxygen atoms in total. The van der Waals surface area contributed by atoms with Crippen LogP contribution in [0.4, 0.5) is 0 Å². The Morgan fingerprint density at radius 3 is 2.96 bits per heavy atom. The van der Waals surface area contributed by atoms with Gasteiger partial charge in [0, 0.05) is 61.9 Å². The molecule has 0 saturated carbocycles. The number of nitrogens with one attached hydrogen (secondary N) is 1. The highest BCUT2D eigenvalue weighted by Gasteiger charge is 2.42. The SMILES string of the molecule is O=C1CC[C@]2(CCCN(C(=O)c3cccc(O)c3)C2)CN1CCc1cnc[nH]1. The van der Waals surface area contributed by atoms with Crippen LogP contribution < -0.4 is 0 Å². The van der Waals surface area contributed by atoms with Crippen molar-refractivity contribution < 1.29 is 14.7 Å². The van der Waals surface area contributed by atoms with Crippen LogP contribution in [-0.2, 0) is 11.2 Å². The normalized spacial score (nSPS) is 22.6. The number of aromatic hydroxyl groups is 1. The van der Waals surface area contributed by atoms with E-state index < -0.39 is 0 Å². The number of likely N-dealkylation sites (tertiary alicyclic amines) is 2. The van der Waals surface area contributed by atoms with E-state index in [1.807, 2.05) is 9.80 Å². The van der Waals surface area contributed by atoms with Crippen molar-refractivity contribution in [1.82, 2.24) is 19.8 Å². The van der Waals surface area contributed by atoms with Crippen LogP contribution in [0, 0.1) is 5.41 Å². The molecular formula is C21H26N4O3. The molecule has 3 heterocycles. The second-order valence-corrected chi connectivity index (χ2v) is 8.02. The third kappa shape index (κ3) is 3.88. The van der Waals surface area contributed by atoms with Gasteiger partial charge in [0.15, 0.2) is 0 Å². The lowest BCUT2D eigenvalue weighted by Crippen LogP contribution is -2.55. The topological polar surface area (TPSA) is 89.5 Å². The van der Waals surface area contributed by atoms with Gasteiger partial charge in [0.05, 0.1) is 6.33 Å². The smallest absolute Gasteiger partial charge is 0.254 e. The minimum Gasteiger partial charge on any atom is -0.508 e. The molecule has 1 aromatic carbocycles. The average molecular weight is 382 g/mol. The Morgan fingerprint density at radius 2 is 2.18 bits per heavy atom. The lowest BCUT2D eigenvalue weighted by Gasteiger charge is -2.48. The van der Waals surface area contributed by atoms with Gasteiger partial charge in [0.25, 0.3) is 5.91 Å². The minimum atomic E-state index is -0.0455. The quantitative estimate of drug-likeness (QED) is 0.848. The van der Waals surface area contributed by atoms with Crippen LogP contribution in [0.5, 0.6) is 5.75 Å². The molecule has 1 spiro atoms. The number of amides is 2. The van der Waals surface area contributed by atoms with Crippen molar-refractivity contribution in [3.8, 4) is 5.75 Å². The predicted octanol–water partition coefficient (Wildman–Crippen LogP) is 2.20. The number of aromatic amines is 1. The largest absolute Gasteiger partial charge is 0.508 e. The molecule has 4 rings (SSSR count). The second kappa shape index (κ2) is 7.66. The number of aromatic nitrogens is 2. The number of hydrogen-bond acceptors (Lipinski definition) is 4. The van der Waals surface area contributed by atoms with Gasteiger partial charge in [0.1, 0.15) is 5.75 Å². The van der Waals surface area contributed by atoms with E-state index in [4.69, 9.17) is 0 Å². The Balaban J connectivity index is 1.44. The second-order valence-electron chi connectivity index (χ2n) is 8.02. The van der Waals surface area contributed by atoms with Gasteiger partial charge in [0.2, 0.25) is 5.91 Å². The Kier molecular flexibility index (Phi) is 5.07. The van der Waals surface area contributed by atoms with E-state index in [2.05, 4.69) is 9.97 Å². The number of benzene rings is 1. The molecule has 28 heavy (non-hydrogen) atoms. The molecule has 2 N–H and O–H groups in total. The van der Waals surface area contributed by atoms with Gasteiger partial charge in [-0.2, -0.15) is 0 Å². The van der Waals surface area contributed by atoms with Crippen molar-refractivity contribution in [2.24, 2.45) is 5.41 Å². The Hall–Kier alpha value is -2.83. The fraction of sp³-hybridized carbons (Fsp3) is 0.476. The van der Waals surface area contributed by atoms with E-state index in [0.29, 0.717) is 31.6 Å². The summed E-state index contributed by atoms with van der Waals surface area (Å²) in [5, 5.41) is 9.68. The van der Waals surface area contributed by atoms with E-state index in [9.17, 15) is 14.7 Å². The summed E-state index contributed by atoms with van der Waals surface area (Å²) in [5.41, 5.74) is 1.50. The minimum absolute atomic E-state index is 0.0351. The molecule has 1 atom stereocenters. The predicted molar refractivity (Wildman–Crippen MR) is 104 cm³/mol. The molecule has 148 valence electrons. The van der Waals surface area contributed by atoms with Gasteiger partial charge in [-0.05, 0) is 37.5 Å². The number of carbonyl (C=O) groups excluding carboxylic acids is 2. The summed E-state index contributed by atoms with van der Waals surface area (Å²) in [4.78, 5) is 36.3. The standard InChI is InChI=1S/C21H26N4O3/c26-18-4-1-3-16(11-18)20(28)25-9-2-7-21(14-25)8-5-19(27)24(13-21)10-6-17-12-22-15-23-17/h1,3-4,11-12,15,26H,2,5-10,13-14H2,(H,22,23)/t21-/m1/s1. The summed E-state index contributed by atoms with van der Waals surface area (Å²) in [5.74, 6) is 0.253. The summed E-state index contributed by atoms with van der Waals surface area (Å²) in [6.45, 7) is 2.75. The molecule has 0 unspecified atom stereocenters. The Labute approximate surface area is 164 Å². The van der Waals surface area contributed by atoms with Crippen molar-refractivity contribution in [2.75, 3.05) is 26.2 Å². The molecule has 2 saturated heterocycles. The molecule has 2 aliphatic heterocycles. The number of hydrogen-bond donors (Lipinski definition) is 2. The Bertz CT molecular complexity index is 851. The van der Waals surface area contributed by atoms with E-state index in [-0.39, 0.29) is 23.0 Å². The van der Waals surface area contributed by atoms with Gasteiger partial charge in [-0.1, -0.05) is 6.07 Å². The lowest BCUT2D eigenvalue weighted by molar-refractivity contribution is -0.138. The van der Waals surface area contributed by atoms with Gasteiger partial charge in [-0.25, -0.2) is 4.98 Å². The highest BCUT2D eigenvalue weighted by atomic mass is 16.3. The number of nitrogens with zero attached hydrogens (tertiary/aromatic N) is 3. The van der Waals surface area contributed by atoms with Gasteiger partial charge < -0.3 is 19.9 Å². The highest BCUT2D eigenvalue weighted by Crippen LogP contribution is 2.39. The summed E-state index contributed by atoms with van der Waals surface area (Å²) in [6.07, 6.45) is 7.54. The molecular weight excluding hydrogens is 356 g/mol. The average Bonchev–Trinajstić information content (AvgIpc) is 3.22. The number of phenolic OH excluding ortho intramolecular Hbond substituents is 1. The third-order valence-electron chi connectivity index (χ3n) is 6.00. The Morgan fingerprint density at radius 1 is 1.29 bits per heavy atom. The molecule has 2 aliphatic rings. The van der Waals surface area contributed by atoms with Gasteiger partial charge in [-0.3, -0.25) is 9.59 Å². The number of imidazole rings is 1. The van der Waals surface area contributed by atoms with Crippen molar-refractivity contribution in [2.45, 2.75) is 32.1 Å². The molecule has 0 aliphatic carbocycles. The van der Waals surface area contributed by atoms with E-state index in [1.54, 1.807) is 30.7 Å². The van der Waals surface area contributed by atoms with E-state index in [0.717, 1.165) is 37.9 Å². The summed E-state index contributed by atoms with van der Waals surface area (Å²) >= 11 is 0. The fourth-order valence-electron chi connectivity index (χ4n) is 4.52. The zero-order chi connectivity index (χ0) is 19.6. The van der Waals surface area contributed by atoms with Gasteiger partial charge in [-0.15, -0.1) is 0 Å². The molecule has 1 aromatic heterocycles. The zero-order valence-electron chi connectivity index (χ0n) is 15.9. The number of piperidine rings is 2. The zero-order valence-corrected chi connectivity index (χ0v) is 15.9. The van der Waals surface area contributed by atoms with Crippen molar-refractivity contribution >= 4 is 11.8 Å². The number of phenols is 1. The molecule has 2 amide bonds. The van der Waals surface area contributed by atoms with Gasteiger partial charge >= 0.3 is 0 Å². The van der Waals surface area contributed by atoms with Crippen molar-refractivity contribution in [1.29, 1.82) is 0 Å². The first kappa shape index (κ1) is 18.5. The highest BCUT2D eigenvalue weighted by molar-refractivity contribution is 5.94. The van der Waals surface area contributed by atoms with Crippen LogP contribution in [0.2, 0.25) is 0 Å². The maximum absolute atomic E-state index is 12.9. The summed E-state index contributed by atoms with van der Waals surface area (Å²) in [6, 6.07) is 6.52. The number of H-pyrrole nitrogens is 1. The van der Waals surface area contributed by atoms with Crippen LogP contribution in [-0.4, -0.2) is 62.9 Å². The molecule has 2 fully saturated rings. The first-order valence-electron chi connectivity index (χ1n) is 9.88. The van der Waals surface area contributed by atoms with Crippen LogP contribution >= 0.6 is 0 Å². The van der Waals surface area contributed by atoms with Crippen molar-refractivity contribution in [3.05, 3.63) is 48.0 Å². The molecule has 2 aromatic rings. The van der Waals surface area contributed by atoms with Crippen LogP contribution in [0.25, 0.3) is 0 Å².